The summed E-state index contributed by atoms with van der Waals surface area (Å²) in [5.74, 6) is 1.65. The summed E-state index contributed by atoms with van der Waals surface area (Å²) in [7, 11) is 0. The molecule has 1 heterocycles. The molecular weight excluding hydrogens is 210 g/mol. The first-order valence-corrected chi connectivity index (χ1v) is 5.75. The zero-order valence-corrected chi connectivity index (χ0v) is 9.67. The van der Waals surface area contributed by atoms with Gasteiger partial charge >= 0.3 is 0 Å². The topological polar surface area (TPSA) is 42.2 Å². The number of nitrogen functional groups attached to an aromatic ring is 1. The molecule has 3 nitrogen and oxygen atoms in total. The molecule has 0 spiro atoms. The van der Waals surface area contributed by atoms with Gasteiger partial charge in [0.1, 0.15) is 5.15 Å². The molecule has 4 heteroatoms. The molecule has 0 amide bonds. The van der Waals surface area contributed by atoms with Crippen molar-refractivity contribution >= 4 is 23.1 Å². The molecule has 1 fully saturated rings. The first-order chi connectivity index (χ1) is 7.20. The fourth-order valence-corrected chi connectivity index (χ4v) is 1.81. The fourth-order valence-electron chi connectivity index (χ4n) is 1.67. The molecule has 1 aliphatic rings. The van der Waals surface area contributed by atoms with Crippen molar-refractivity contribution in [2.45, 2.75) is 19.8 Å². The van der Waals surface area contributed by atoms with E-state index < -0.39 is 0 Å². The van der Waals surface area contributed by atoms with Crippen LogP contribution in [0.15, 0.2) is 12.1 Å². The molecule has 0 unspecified atom stereocenters. The van der Waals surface area contributed by atoms with Gasteiger partial charge in [-0.2, -0.15) is 0 Å². The van der Waals surface area contributed by atoms with Crippen LogP contribution >= 0.6 is 11.6 Å². The minimum Gasteiger partial charge on any atom is -0.396 e. The van der Waals surface area contributed by atoms with Crippen molar-refractivity contribution in [3.8, 4) is 0 Å². The van der Waals surface area contributed by atoms with Gasteiger partial charge in [-0.15, -0.1) is 0 Å². The Kier molecular flexibility index (Phi) is 3.00. The van der Waals surface area contributed by atoms with Crippen LogP contribution in [0.25, 0.3) is 0 Å². The molecule has 0 radical (unpaired) electrons. The highest BCUT2D eigenvalue weighted by molar-refractivity contribution is 6.29. The molecule has 82 valence electrons. The Morgan fingerprint density at radius 3 is 2.87 bits per heavy atom. The zero-order valence-electron chi connectivity index (χ0n) is 8.91. The SMILES string of the molecule is CCN(CC1CC1)c1nc(Cl)ccc1N. The first kappa shape index (κ1) is 10.6. The lowest BCUT2D eigenvalue weighted by Crippen LogP contribution is -2.27. The van der Waals surface area contributed by atoms with E-state index in [0.29, 0.717) is 10.8 Å². The number of nitrogens with zero attached hydrogens (tertiary/aromatic N) is 2. The van der Waals surface area contributed by atoms with Crippen molar-refractivity contribution in [1.29, 1.82) is 0 Å². The lowest BCUT2D eigenvalue weighted by Gasteiger charge is -2.23. The van der Waals surface area contributed by atoms with Crippen LogP contribution in [-0.4, -0.2) is 18.1 Å². The summed E-state index contributed by atoms with van der Waals surface area (Å²) >= 11 is 5.88. The molecule has 1 aromatic rings. The summed E-state index contributed by atoms with van der Waals surface area (Å²) < 4.78 is 0. The second kappa shape index (κ2) is 4.27. The molecule has 0 aliphatic heterocycles. The molecule has 2 rings (SSSR count). The third-order valence-corrected chi connectivity index (χ3v) is 2.94. The van der Waals surface area contributed by atoms with Gasteiger partial charge in [-0.1, -0.05) is 11.6 Å². The summed E-state index contributed by atoms with van der Waals surface area (Å²) in [4.78, 5) is 6.50. The van der Waals surface area contributed by atoms with Gasteiger partial charge in [-0.3, -0.25) is 0 Å². The Labute approximate surface area is 95.2 Å². The van der Waals surface area contributed by atoms with Crippen molar-refractivity contribution in [2.75, 3.05) is 23.7 Å². The maximum Gasteiger partial charge on any atom is 0.153 e. The summed E-state index contributed by atoms with van der Waals surface area (Å²) in [6.07, 6.45) is 2.66. The zero-order chi connectivity index (χ0) is 10.8. The summed E-state index contributed by atoms with van der Waals surface area (Å²) in [6, 6.07) is 3.55. The normalized spacial score (nSPS) is 15.3. The Morgan fingerprint density at radius 2 is 2.27 bits per heavy atom. The number of hydrogen-bond donors (Lipinski definition) is 1. The fraction of sp³-hybridized carbons (Fsp3) is 0.545. The van der Waals surface area contributed by atoms with Gasteiger partial charge in [0, 0.05) is 13.1 Å². The van der Waals surface area contributed by atoms with E-state index in [4.69, 9.17) is 17.3 Å². The standard InChI is InChI=1S/C11H16ClN3/c1-2-15(7-8-3-4-8)11-9(13)5-6-10(12)14-11/h5-6,8H,2-4,7,13H2,1H3. The van der Waals surface area contributed by atoms with Crippen LogP contribution in [0.5, 0.6) is 0 Å². The molecule has 0 saturated heterocycles. The Hall–Kier alpha value is -0.960. The molecule has 1 aliphatic carbocycles. The van der Waals surface area contributed by atoms with E-state index in [2.05, 4.69) is 16.8 Å². The van der Waals surface area contributed by atoms with E-state index >= 15 is 0 Å². The Morgan fingerprint density at radius 1 is 1.53 bits per heavy atom. The van der Waals surface area contributed by atoms with E-state index in [1.807, 2.05) is 6.07 Å². The van der Waals surface area contributed by atoms with Crippen LogP contribution < -0.4 is 10.6 Å². The van der Waals surface area contributed by atoms with Gasteiger partial charge in [0.2, 0.25) is 0 Å². The average molecular weight is 226 g/mol. The second-order valence-corrected chi connectivity index (χ2v) is 4.42. The van der Waals surface area contributed by atoms with Gasteiger partial charge in [0.25, 0.3) is 0 Å². The molecule has 2 N–H and O–H groups in total. The van der Waals surface area contributed by atoms with Gasteiger partial charge in [-0.05, 0) is 37.8 Å². The monoisotopic (exact) mass is 225 g/mol. The van der Waals surface area contributed by atoms with E-state index in [-0.39, 0.29) is 0 Å². The highest BCUT2D eigenvalue weighted by Crippen LogP contribution is 2.32. The first-order valence-electron chi connectivity index (χ1n) is 5.37. The summed E-state index contributed by atoms with van der Waals surface area (Å²) in [6.45, 7) is 4.09. The van der Waals surface area contributed by atoms with Crippen molar-refractivity contribution < 1.29 is 0 Å². The number of halogens is 1. The van der Waals surface area contributed by atoms with Crippen LogP contribution in [-0.2, 0) is 0 Å². The number of pyridine rings is 1. The molecular formula is C11H16ClN3. The van der Waals surface area contributed by atoms with Crippen molar-refractivity contribution in [2.24, 2.45) is 5.92 Å². The molecule has 0 aromatic carbocycles. The third-order valence-electron chi connectivity index (χ3n) is 2.73. The molecule has 15 heavy (non-hydrogen) atoms. The van der Waals surface area contributed by atoms with E-state index in [0.717, 1.165) is 24.8 Å². The van der Waals surface area contributed by atoms with Crippen LogP contribution in [0.2, 0.25) is 5.15 Å². The Bertz CT molecular complexity index is 350. The lowest BCUT2D eigenvalue weighted by atomic mass is 10.3. The van der Waals surface area contributed by atoms with Gasteiger partial charge < -0.3 is 10.6 Å². The lowest BCUT2D eigenvalue weighted by molar-refractivity contribution is 0.733. The predicted octanol–water partition coefficient (Wildman–Crippen LogP) is 2.55. The minimum absolute atomic E-state index is 0.508. The molecule has 1 saturated carbocycles. The number of rotatable bonds is 4. The maximum atomic E-state index is 5.90. The minimum atomic E-state index is 0.508. The largest absolute Gasteiger partial charge is 0.396 e. The summed E-state index contributed by atoms with van der Waals surface area (Å²) in [5, 5.41) is 0.508. The van der Waals surface area contributed by atoms with Crippen LogP contribution in [0, 0.1) is 5.92 Å². The third kappa shape index (κ3) is 2.53. The number of anilines is 2. The second-order valence-electron chi connectivity index (χ2n) is 4.03. The maximum absolute atomic E-state index is 5.90. The number of aromatic nitrogens is 1. The quantitative estimate of drug-likeness (QED) is 0.801. The number of hydrogen-bond acceptors (Lipinski definition) is 3. The highest BCUT2D eigenvalue weighted by Gasteiger charge is 2.25. The van der Waals surface area contributed by atoms with Gasteiger partial charge in [-0.25, -0.2) is 4.98 Å². The number of nitrogens with two attached hydrogens (primary N) is 1. The molecule has 1 aromatic heterocycles. The van der Waals surface area contributed by atoms with Crippen LogP contribution in [0.3, 0.4) is 0 Å². The van der Waals surface area contributed by atoms with Crippen LogP contribution in [0.1, 0.15) is 19.8 Å². The van der Waals surface area contributed by atoms with Crippen molar-refractivity contribution in [3.05, 3.63) is 17.3 Å². The van der Waals surface area contributed by atoms with E-state index in [9.17, 15) is 0 Å². The molecule has 0 atom stereocenters. The average Bonchev–Trinajstić information content (AvgIpc) is 3.02. The van der Waals surface area contributed by atoms with Crippen LogP contribution in [0.4, 0.5) is 11.5 Å². The van der Waals surface area contributed by atoms with Crippen molar-refractivity contribution in [1.82, 2.24) is 4.98 Å². The van der Waals surface area contributed by atoms with E-state index in [1.165, 1.54) is 12.8 Å². The van der Waals surface area contributed by atoms with Gasteiger partial charge in [0.15, 0.2) is 5.82 Å². The summed E-state index contributed by atoms with van der Waals surface area (Å²) in [5.41, 5.74) is 6.61. The predicted molar refractivity (Wildman–Crippen MR) is 64.3 cm³/mol. The van der Waals surface area contributed by atoms with E-state index in [1.54, 1.807) is 6.07 Å². The van der Waals surface area contributed by atoms with Crippen molar-refractivity contribution in [3.63, 3.8) is 0 Å². The highest BCUT2D eigenvalue weighted by atomic mass is 35.5. The smallest absolute Gasteiger partial charge is 0.153 e. The Balaban J connectivity index is 2.19. The molecule has 0 bridgehead atoms. The van der Waals surface area contributed by atoms with Gasteiger partial charge in [0.05, 0.1) is 5.69 Å².